The number of carbonyl (C=O) groups is 3. The predicted molar refractivity (Wildman–Crippen MR) is 130 cm³/mol. The smallest absolute Gasteiger partial charge is 0.319 e. The summed E-state index contributed by atoms with van der Waals surface area (Å²) in [5.41, 5.74) is 5.46. The van der Waals surface area contributed by atoms with Crippen LogP contribution in [0.3, 0.4) is 0 Å². The molecule has 0 radical (unpaired) electrons. The van der Waals surface area contributed by atoms with E-state index in [0.717, 1.165) is 40.1 Å². The van der Waals surface area contributed by atoms with Crippen LogP contribution in [-0.2, 0) is 34.4 Å². The number of nitrogens with one attached hydrogen (secondary N) is 2. The van der Waals surface area contributed by atoms with Crippen molar-refractivity contribution in [3.8, 4) is 11.3 Å². The molecule has 4 amide bonds. The van der Waals surface area contributed by atoms with Crippen molar-refractivity contribution in [3.05, 3.63) is 70.1 Å². The van der Waals surface area contributed by atoms with Gasteiger partial charge in [-0.25, -0.2) is 9.78 Å². The second kappa shape index (κ2) is 8.06. The van der Waals surface area contributed by atoms with E-state index in [4.69, 9.17) is 0 Å². The molecule has 2 aliphatic carbocycles. The van der Waals surface area contributed by atoms with Crippen LogP contribution in [0.5, 0.6) is 0 Å². The lowest BCUT2D eigenvalue weighted by molar-refractivity contribution is -0.134. The summed E-state index contributed by atoms with van der Waals surface area (Å²) in [7, 11) is 0. The number of imide groups is 1. The summed E-state index contributed by atoms with van der Waals surface area (Å²) in [6.07, 6.45) is 5.89. The highest BCUT2D eigenvalue weighted by Gasteiger charge is 2.55. The zero-order valence-corrected chi connectivity index (χ0v) is 19.4. The van der Waals surface area contributed by atoms with Crippen LogP contribution >= 0.6 is 11.3 Å². The molecular formula is C26H24N4O3S. The number of thiazole rings is 1. The summed E-state index contributed by atoms with van der Waals surface area (Å²) in [4.78, 5) is 44.2. The van der Waals surface area contributed by atoms with Gasteiger partial charge in [0.05, 0.1) is 5.69 Å². The zero-order valence-electron chi connectivity index (χ0n) is 18.6. The topological polar surface area (TPSA) is 91.4 Å². The van der Waals surface area contributed by atoms with Crippen molar-refractivity contribution in [2.75, 3.05) is 11.9 Å². The van der Waals surface area contributed by atoms with Gasteiger partial charge >= 0.3 is 6.03 Å². The second-order valence-electron chi connectivity index (χ2n) is 9.16. The average molecular weight is 473 g/mol. The first kappa shape index (κ1) is 21.0. The van der Waals surface area contributed by atoms with Crippen molar-refractivity contribution in [2.45, 2.75) is 44.1 Å². The average Bonchev–Trinajstić information content (AvgIpc) is 3.53. The van der Waals surface area contributed by atoms with E-state index >= 15 is 0 Å². The number of hydrogen-bond donors (Lipinski definition) is 2. The molecule has 1 spiro atoms. The predicted octanol–water partition coefficient (Wildman–Crippen LogP) is 4.02. The Bertz CT molecular complexity index is 1330. The summed E-state index contributed by atoms with van der Waals surface area (Å²) in [6, 6.07) is 13.6. The number of anilines is 1. The summed E-state index contributed by atoms with van der Waals surface area (Å²) >= 11 is 1.33. The van der Waals surface area contributed by atoms with E-state index in [1.807, 2.05) is 29.6 Å². The summed E-state index contributed by atoms with van der Waals surface area (Å²) in [5.74, 6) is -0.815. The normalized spacial score (nSPS) is 20.9. The van der Waals surface area contributed by atoms with Gasteiger partial charge in [-0.3, -0.25) is 14.5 Å². The van der Waals surface area contributed by atoms with Crippen molar-refractivity contribution >= 4 is 34.3 Å². The van der Waals surface area contributed by atoms with Crippen LogP contribution in [0.15, 0.2) is 47.8 Å². The number of urea groups is 1. The molecule has 1 fully saturated rings. The standard InChI is InChI=1S/C26H24N4O3S/c31-22(14-30-23(32)26(29-25(30)33)12-11-17-6-3-4-8-20(17)26)28-24-27-21(15-34-24)19-10-9-16-5-1-2-7-18(16)13-19/h3-4,6,8-10,13,15H,1-2,5,7,11-12,14H2,(H,29,33)(H,27,28,31). The molecule has 2 N–H and O–H groups in total. The lowest BCUT2D eigenvalue weighted by Gasteiger charge is -2.22. The minimum atomic E-state index is -1.06. The maximum atomic E-state index is 13.2. The molecule has 0 bridgehead atoms. The van der Waals surface area contributed by atoms with Gasteiger partial charge in [-0.2, -0.15) is 0 Å². The van der Waals surface area contributed by atoms with Crippen molar-refractivity contribution in [2.24, 2.45) is 0 Å². The van der Waals surface area contributed by atoms with E-state index in [9.17, 15) is 14.4 Å². The number of aromatic nitrogens is 1. The monoisotopic (exact) mass is 472 g/mol. The van der Waals surface area contributed by atoms with Crippen LogP contribution in [0.1, 0.15) is 41.5 Å². The lowest BCUT2D eigenvalue weighted by Crippen LogP contribution is -2.42. The summed E-state index contributed by atoms with van der Waals surface area (Å²) in [6.45, 7) is -0.345. The molecule has 2 heterocycles. The molecule has 1 unspecified atom stereocenters. The van der Waals surface area contributed by atoms with Gasteiger partial charge in [0.15, 0.2) is 5.13 Å². The Morgan fingerprint density at radius 1 is 1.06 bits per heavy atom. The molecule has 1 aromatic heterocycles. The van der Waals surface area contributed by atoms with Gasteiger partial charge in [-0.1, -0.05) is 36.4 Å². The lowest BCUT2D eigenvalue weighted by atomic mass is 9.90. The number of carbonyl (C=O) groups excluding carboxylic acids is 3. The Labute approximate surface area is 201 Å². The third-order valence-electron chi connectivity index (χ3n) is 7.12. The Kier molecular flexibility index (Phi) is 4.99. The molecule has 2 aromatic carbocycles. The highest BCUT2D eigenvalue weighted by Crippen LogP contribution is 2.41. The van der Waals surface area contributed by atoms with Crippen LogP contribution in [0.2, 0.25) is 0 Å². The fraction of sp³-hybridized carbons (Fsp3) is 0.308. The number of hydrogen-bond acceptors (Lipinski definition) is 5. The third kappa shape index (κ3) is 3.40. The molecule has 7 nitrogen and oxygen atoms in total. The van der Waals surface area contributed by atoms with Crippen LogP contribution in [0, 0.1) is 0 Å². The molecule has 172 valence electrons. The van der Waals surface area contributed by atoms with Gasteiger partial charge in [0, 0.05) is 10.9 Å². The first-order valence-corrected chi connectivity index (χ1v) is 12.5. The third-order valence-corrected chi connectivity index (χ3v) is 7.88. The molecule has 8 heteroatoms. The maximum absolute atomic E-state index is 13.2. The fourth-order valence-corrected chi connectivity index (χ4v) is 6.13. The van der Waals surface area contributed by atoms with E-state index in [-0.39, 0.29) is 12.5 Å². The number of benzene rings is 2. The van der Waals surface area contributed by atoms with Crippen LogP contribution in [0.25, 0.3) is 11.3 Å². The molecule has 0 saturated carbocycles. The van der Waals surface area contributed by atoms with Crippen LogP contribution in [0.4, 0.5) is 9.93 Å². The highest BCUT2D eigenvalue weighted by atomic mass is 32.1. The zero-order chi connectivity index (χ0) is 23.3. The van der Waals surface area contributed by atoms with Gasteiger partial charge in [-0.15, -0.1) is 11.3 Å². The van der Waals surface area contributed by atoms with E-state index in [1.165, 1.54) is 35.3 Å². The number of rotatable bonds is 4. The molecule has 1 aliphatic heterocycles. The molecule has 34 heavy (non-hydrogen) atoms. The number of nitrogens with zero attached hydrogens (tertiary/aromatic N) is 2. The Hall–Kier alpha value is -3.52. The minimum absolute atomic E-state index is 0.345. The van der Waals surface area contributed by atoms with E-state index in [2.05, 4.69) is 33.8 Å². The number of aryl methyl sites for hydroxylation is 3. The highest BCUT2D eigenvalue weighted by molar-refractivity contribution is 7.14. The van der Waals surface area contributed by atoms with E-state index < -0.39 is 17.5 Å². The van der Waals surface area contributed by atoms with Crippen LogP contribution < -0.4 is 10.6 Å². The first-order chi connectivity index (χ1) is 16.5. The molecular weight excluding hydrogens is 448 g/mol. The molecule has 1 saturated heterocycles. The first-order valence-electron chi connectivity index (χ1n) is 11.6. The van der Waals surface area contributed by atoms with E-state index in [1.54, 1.807) is 0 Å². The Morgan fingerprint density at radius 2 is 1.88 bits per heavy atom. The van der Waals surface area contributed by atoms with Gasteiger partial charge in [0.1, 0.15) is 12.1 Å². The molecule has 1 atom stereocenters. The largest absolute Gasteiger partial charge is 0.325 e. The quantitative estimate of drug-likeness (QED) is 0.561. The van der Waals surface area contributed by atoms with Crippen molar-refractivity contribution in [3.63, 3.8) is 0 Å². The SMILES string of the molecule is O=C(CN1C(=O)NC2(CCc3ccccc32)C1=O)Nc1nc(-c2ccc3c(c2)CCCC3)cs1. The second-order valence-corrected chi connectivity index (χ2v) is 10.0. The minimum Gasteiger partial charge on any atom is -0.319 e. The number of fused-ring (bicyclic) bond motifs is 3. The van der Waals surface area contributed by atoms with Gasteiger partial charge in [0.2, 0.25) is 5.91 Å². The Balaban J connectivity index is 1.15. The Morgan fingerprint density at radius 3 is 2.76 bits per heavy atom. The summed E-state index contributed by atoms with van der Waals surface area (Å²) < 4.78 is 0. The van der Waals surface area contributed by atoms with Crippen LogP contribution in [-0.4, -0.2) is 34.3 Å². The van der Waals surface area contributed by atoms with Crippen molar-refractivity contribution < 1.29 is 14.4 Å². The fourth-order valence-electron chi connectivity index (χ4n) is 5.39. The van der Waals surface area contributed by atoms with Gasteiger partial charge in [-0.05, 0) is 66.8 Å². The maximum Gasteiger partial charge on any atom is 0.325 e. The molecule has 6 rings (SSSR count). The molecule has 3 aromatic rings. The van der Waals surface area contributed by atoms with Gasteiger partial charge in [0.25, 0.3) is 5.91 Å². The van der Waals surface area contributed by atoms with Gasteiger partial charge < -0.3 is 10.6 Å². The van der Waals surface area contributed by atoms with Crippen molar-refractivity contribution in [1.82, 2.24) is 15.2 Å². The number of amides is 4. The summed E-state index contributed by atoms with van der Waals surface area (Å²) in [5, 5.41) is 7.97. The van der Waals surface area contributed by atoms with E-state index in [0.29, 0.717) is 18.0 Å². The molecule has 3 aliphatic rings. The van der Waals surface area contributed by atoms with Crippen molar-refractivity contribution in [1.29, 1.82) is 0 Å².